The number of aryl methyl sites for hydroxylation is 1. The minimum absolute atomic E-state index is 0.0237. The van der Waals surface area contributed by atoms with E-state index in [2.05, 4.69) is 4.74 Å². The molecule has 0 aliphatic heterocycles. The Kier molecular flexibility index (Phi) is 10.1. The first-order valence-corrected chi connectivity index (χ1v) is 8.32. The highest BCUT2D eigenvalue weighted by atomic mass is 16.5. The van der Waals surface area contributed by atoms with Crippen molar-refractivity contribution in [1.29, 1.82) is 0 Å². The molecule has 0 aromatic heterocycles. The fourth-order valence-corrected chi connectivity index (χ4v) is 2.04. The first-order chi connectivity index (χ1) is 12.5. The lowest BCUT2D eigenvalue weighted by molar-refractivity contribution is -0.141. The summed E-state index contributed by atoms with van der Waals surface area (Å²) < 4.78 is 9.62. The largest absolute Gasteiger partial charge is 0.497 e. The topological polar surface area (TPSA) is 69.7 Å². The van der Waals surface area contributed by atoms with E-state index in [9.17, 15) is 14.4 Å². The number of ketones is 2. The molecule has 0 amide bonds. The van der Waals surface area contributed by atoms with Crippen LogP contribution in [0.2, 0.25) is 0 Å². The van der Waals surface area contributed by atoms with Crippen molar-refractivity contribution in [1.82, 2.24) is 0 Å². The number of carbonyl (C=O) groups excluding carboxylic acids is 3. The molecule has 5 heteroatoms. The highest BCUT2D eigenvalue weighted by molar-refractivity contribution is 5.92. The van der Waals surface area contributed by atoms with Crippen LogP contribution in [-0.2, 0) is 25.5 Å². The van der Waals surface area contributed by atoms with Crippen molar-refractivity contribution in [2.75, 3.05) is 14.2 Å². The Hall–Kier alpha value is -2.95. The van der Waals surface area contributed by atoms with E-state index in [0.29, 0.717) is 12.8 Å². The summed E-state index contributed by atoms with van der Waals surface area (Å²) in [5, 5.41) is 0. The van der Waals surface area contributed by atoms with E-state index >= 15 is 0 Å². The SMILES string of the molecule is COC(=O)CCC(=O)/C=C/C=C/C=C/C(=O)CCc1cccc(OC)c1. The molecule has 0 unspecified atom stereocenters. The van der Waals surface area contributed by atoms with Gasteiger partial charge in [0.1, 0.15) is 5.75 Å². The number of allylic oxidation sites excluding steroid dienone is 6. The third kappa shape index (κ3) is 9.37. The van der Waals surface area contributed by atoms with E-state index in [1.165, 1.54) is 19.3 Å². The standard InChI is InChI=1S/C21H24O5/c1-25-20-11-7-8-17(16-20)12-13-18(22)9-5-3-4-6-10-19(23)14-15-21(24)26-2/h3-11,16H,12-15H2,1-2H3/b4-3+,9-5+,10-6+. The molecule has 0 N–H and O–H groups in total. The lowest BCUT2D eigenvalue weighted by atomic mass is 10.1. The van der Waals surface area contributed by atoms with Gasteiger partial charge in [0, 0.05) is 12.8 Å². The van der Waals surface area contributed by atoms with Gasteiger partial charge in [-0.05, 0) is 36.3 Å². The van der Waals surface area contributed by atoms with Gasteiger partial charge >= 0.3 is 5.97 Å². The Bertz CT molecular complexity index is 698. The summed E-state index contributed by atoms with van der Waals surface area (Å²) in [6.07, 6.45) is 10.7. The van der Waals surface area contributed by atoms with Crippen molar-refractivity contribution in [3.05, 3.63) is 66.3 Å². The molecule has 0 aliphatic carbocycles. The minimum Gasteiger partial charge on any atom is -0.497 e. The molecule has 0 atom stereocenters. The van der Waals surface area contributed by atoms with Gasteiger partial charge in [-0.3, -0.25) is 14.4 Å². The summed E-state index contributed by atoms with van der Waals surface area (Å²) >= 11 is 0. The predicted molar refractivity (Wildman–Crippen MR) is 100.0 cm³/mol. The van der Waals surface area contributed by atoms with E-state index in [0.717, 1.165) is 11.3 Å². The van der Waals surface area contributed by atoms with Gasteiger partial charge in [-0.15, -0.1) is 0 Å². The molecule has 0 spiro atoms. The zero-order chi connectivity index (χ0) is 19.2. The summed E-state index contributed by atoms with van der Waals surface area (Å²) in [6, 6.07) is 7.64. The van der Waals surface area contributed by atoms with Crippen molar-refractivity contribution in [3.8, 4) is 5.75 Å². The van der Waals surface area contributed by atoms with Crippen LogP contribution in [0.25, 0.3) is 0 Å². The molecule has 0 radical (unpaired) electrons. The number of carbonyl (C=O) groups is 3. The van der Waals surface area contributed by atoms with Crippen molar-refractivity contribution >= 4 is 17.5 Å². The summed E-state index contributed by atoms with van der Waals surface area (Å²) in [6.45, 7) is 0. The first-order valence-electron chi connectivity index (χ1n) is 8.32. The zero-order valence-corrected chi connectivity index (χ0v) is 15.1. The lowest BCUT2D eigenvalue weighted by Gasteiger charge is -2.02. The highest BCUT2D eigenvalue weighted by Crippen LogP contribution is 2.14. The average Bonchev–Trinajstić information content (AvgIpc) is 2.67. The van der Waals surface area contributed by atoms with Crippen LogP contribution in [0.5, 0.6) is 5.75 Å². The van der Waals surface area contributed by atoms with E-state index in [1.807, 2.05) is 24.3 Å². The Morgan fingerprint density at radius 3 is 2.15 bits per heavy atom. The zero-order valence-electron chi connectivity index (χ0n) is 15.1. The number of esters is 1. The highest BCUT2D eigenvalue weighted by Gasteiger charge is 2.03. The van der Waals surface area contributed by atoms with Crippen LogP contribution in [0.15, 0.2) is 60.7 Å². The summed E-state index contributed by atoms with van der Waals surface area (Å²) in [5.74, 6) is 0.244. The number of rotatable bonds is 11. The molecular formula is C21H24O5. The maximum absolute atomic E-state index is 11.8. The number of ether oxygens (including phenoxy) is 2. The predicted octanol–water partition coefficient (Wildman–Crippen LogP) is 3.39. The number of hydrogen-bond donors (Lipinski definition) is 0. The minimum atomic E-state index is -0.405. The molecular weight excluding hydrogens is 332 g/mol. The van der Waals surface area contributed by atoms with Crippen LogP contribution in [0.1, 0.15) is 24.8 Å². The van der Waals surface area contributed by atoms with Gasteiger partial charge in [0.25, 0.3) is 0 Å². The smallest absolute Gasteiger partial charge is 0.305 e. The maximum Gasteiger partial charge on any atom is 0.305 e. The molecule has 0 saturated carbocycles. The fraction of sp³-hybridized carbons (Fsp3) is 0.286. The Morgan fingerprint density at radius 1 is 0.885 bits per heavy atom. The van der Waals surface area contributed by atoms with Crippen LogP contribution in [-0.4, -0.2) is 31.8 Å². The van der Waals surface area contributed by atoms with Gasteiger partial charge in [-0.1, -0.05) is 36.4 Å². The maximum atomic E-state index is 11.8. The second-order valence-electron chi connectivity index (χ2n) is 5.46. The number of hydrogen-bond acceptors (Lipinski definition) is 5. The van der Waals surface area contributed by atoms with E-state index in [-0.39, 0.29) is 24.4 Å². The van der Waals surface area contributed by atoms with Crippen molar-refractivity contribution in [2.45, 2.75) is 25.7 Å². The Labute approximate surface area is 154 Å². The Balaban J connectivity index is 2.30. The van der Waals surface area contributed by atoms with Crippen molar-refractivity contribution < 1.29 is 23.9 Å². The average molecular weight is 356 g/mol. The molecule has 1 rings (SSSR count). The summed E-state index contributed by atoms with van der Waals surface area (Å²) in [4.78, 5) is 34.2. The van der Waals surface area contributed by atoms with Crippen LogP contribution in [0.3, 0.4) is 0 Å². The van der Waals surface area contributed by atoms with Gasteiger partial charge < -0.3 is 9.47 Å². The van der Waals surface area contributed by atoms with Gasteiger partial charge in [0.15, 0.2) is 11.6 Å². The fourth-order valence-electron chi connectivity index (χ4n) is 2.04. The second-order valence-corrected chi connectivity index (χ2v) is 5.46. The Morgan fingerprint density at radius 2 is 1.54 bits per heavy atom. The van der Waals surface area contributed by atoms with Crippen LogP contribution < -0.4 is 4.74 Å². The summed E-state index contributed by atoms with van der Waals surface area (Å²) in [5.41, 5.74) is 1.05. The third-order valence-corrected chi connectivity index (χ3v) is 3.49. The molecule has 1 aromatic carbocycles. The monoisotopic (exact) mass is 356 g/mol. The van der Waals surface area contributed by atoms with E-state index in [4.69, 9.17) is 4.74 Å². The number of methoxy groups -OCH3 is 2. The molecule has 0 saturated heterocycles. The summed E-state index contributed by atoms with van der Waals surface area (Å²) in [7, 11) is 2.90. The molecule has 1 aromatic rings. The van der Waals surface area contributed by atoms with Crippen molar-refractivity contribution in [3.63, 3.8) is 0 Å². The first kappa shape index (κ1) is 21.1. The molecule has 138 valence electrons. The molecule has 0 aliphatic rings. The van der Waals surface area contributed by atoms with E-state index in [1.54, 1.807) is 31.4 Å². The van der Waals surface area contributed by atoms with Crippen LogP contribution >= 0.6 is 0 Å². The third-order valence-electron chi connectivity index (χ3n) is 3.49. The van der Waals surface area contributed by atoms with Crippen LogP contribution in [0.4, 0.5) is 0 Å². The molecule has 5 nitrogen and oxygen atoms in total. The second kappa shape index (κ2) is 12.4. The normalized spacial score (nSPS) is 11.3. The molecule has 0 bridgehead atoms. The molecule has 26 heavy (non-hydrogen) atoms. The molecule has 0 heterocycles. The molecule has 0 fully saturated rings. The van der Waals surface area contributed by atoms with Gasteiger partial charge in [0.2, 0.25) is 0 Å². The van der Waals surface area contributed by atoms with Crippen molar-refractivity contribution in [2.24, 2.45) is 0 Å². The van der Waals surface area contributed by atoms with Gasteiger partial charge in [-0.2, -0.15) is 0 Å². The van der Waals surface area contributed by atoms with Crippen LogP contribution in [0, 0.1) is 0 Å². The van der Waals surface area contributed by atoms with Gasteiger partial charge in [0.05, 0.1) is 20.6 Å². The quantitative estimate of drug-likeness (QED) is 0.345. The van der Waals surface area contributed by atoms with Gasteiger partial charge in [-0.25, -0.2) is 0 Å². The van der Waals surface area contributed by atoms with E-state index < -0.39 is 5.97 Å². The lowest BCUT2D eigenvalue weighted by Crippen LogP contribution is -2.03. The number of benzene rings is 1.